The van der Waals surface area contributed by atoms with E-state index in [0.29, 0.717) is 0 Å². The highest BCUT2D eigenvalue weighted by Gasteiger charge is 2.33. The van der Waals surface area contributed by atoms with Crippen molar-refractivity contribution >= 4 is 17.2 Å². The van der Waals surface area contributed by atoms with Crippen molar-refractivity contribution < 1.29 is 4.79 Å². The Kier molecular flexibility index (Phi) is 2.67. The lowest BCUT2D eigenvalue weighted by molar-refractivity contribution is 0.0936. The molecule has 1 aromatic carbocycles. The lowest BCUT2D eigenvalue weighted by atomic mass is 9.83. The number of allylic oxidation sites excluding steroid dienone is 2. The minimum Gasteiger partial charge on any atom is -0.385 e. The summed E-state index contributed by atoms with van der Waals surface area (Å²) >= 11 is 0. The van der Waals surface area contributed by atoms with Crippen molar-refractivity contribution in [1.82, 2.24) is 0 Å². The maximum Gasteiger partial charge on any atom is 0.174 e. The van der Waals surface area contributed by atoms with Crippen molar-refractivity contribution in [3.63, 3.8) is 0 Å². The van der Waals surface area contributed by atoms with Crippen molar-refractivity contribution in [3.8, 4) is 0 Å². The van der Waals surface area contributed by atoms with Crippen LogP contribution >= 0.6 is 0 Å². The second kappa shape index (κ2) is 4.33. The first kappa shape index (κ1) is 11.1. The molecule has 3 heteroatoms. The molecule has 18 heavy (non-hydrogen) atoms. The van der Waals surface area contributed by atoms with E-state index in [1.807, 2.05) is 49.4 Å². The third kappa shape index (κ3) is 1.72. The van der Waals surface area contributed by atoms with Crippen LogP contribution < -0.4 is 10.6 Å². The average molecular weight is 240 g/mol. The van der Waals surface area contributed by atoms with Crippen LogP contribution in [0.5, 0.6) is 0 Å². The van der Waals surface area contributed by atoms with Crippen molar-refractivity contribution in [2.24, 2.45) is 5.92 Å². The van der Waals surface area contributed by atoms with Gasteiger partial charge in [-0.3, -0.25) is 4.79 Å². The predicted molar refractivity (Wildman–Crippen MR) is 74.1 cm³/mol. The highest BCUT2D eigenvalue weighted by molar-refractivity contribution is 6.07. The van der Waals surface area contributed by atoms with Gasteiger partial charge in [-0.2, -0.15) is 0 Å². The number of rotatable bonds is 2. The first-order chi connectivity index (χ1) is 8.79. The van der Waals surface area contributed by atoms with E-state index in [9.17, 15) is 4.79 Å². The minimum atomic E-state index is -0.0700. The van der Waals surface area contributed by atoms with Crippen LogP contribution in [-0.4, -0.2) is 18.4 Å². The van der Waals surface area contributed by atoms with E-state index in [1.54, 1.807) is 0 Å². The monoisotopic (exact) mass is 240 g/mol. The summed E-state index contributed by atoms with van der Waals surface area (Å²) in [6.07, 6.45) is 7.95. The van der Waals surface area contributed by atoms with Gasteiger partial charge in [0.15, 0.2) is 5.78 Å². The van der Waals surface area contributed by atoms with Crippen LogP contribution in [0.3, 0.4) is 0 Å². The summed E-state index contributed by atoms with van der Waals surface area (Å²) in [6.45, 7) is 2.90. The number of carbonyl (C=O) groups is 1. The smallest absolute Gasteiger partial charge is 0.174 e. The number of benzene rings is 1. The molecule has 2 N–H and O–H groups in total. The SMILES string of the molecule is CCNc1ccc2c(c1)C(=O)C1C=CC=CC1N2. The normalized spacial score (nSPS) is 24.2. The Morgan fingerprint density at radius 1 is 1.28 bits per heavy atom. The summed E-state index contributed by atoms with van der Waals surface area (Å²) in [4.78, 5) is 12.5. The van der Waals surface area contributed by atoms with Crippen molar-refractivity contribution in [2.75, 3.05) is 17.2 Å². The molecule has 0 fully saturated rings. The number of nitrogens with one attached hydrogen (secondary N) is 2. The summed E-state index contributed by atoms with van der Waals surface area (Å²) in [5.74, 6) is 0.133. The Balaban J connectivity index is 2.00. The topological polar surface area (TPSA) is 41.1 Å². The number of anilines is 2. The molecule has 1 aromatic rings. The van der Waals surface area contributed by atoms with Crippen LogP contribution in [-0.2, 0) is 0 Å². The third-order valence-corrected chi connectivity index (χ3v) is 3.43. The molecule has 92 valence electrons. The average Bonchev–Trinajstić information content (AvgIpc) is 2.40. The number of hydrogen-bond donors (Lipinski definition) is 2. The van der Waals surface area contributed by atoms with Crippen molar-refractivity contribution in [3.05, 3.63) is 48.1 Å². The van der Waals surface area contributed by atoms with Gasteiger partial charge in [0.2, 0.25) is 0 Å². The van der Waals surface area contributed by atoms with E-state index >= 15 is 0 Å². The fraction of sp³-hybridized carbons (Fsp3) is 0.267. The molecular formula is C15H16N2O. The van der Waals surface area contributed by atoms with Gasteiger partial charge in [-0.15, -0.1) is 0 Å². The maximum absolute atomic E-state index is 12.5. The maximum atomic E-state index is 12.5. The van der Waals surface area contributed by atoms with Crippen LogP contribution in [0, 0.1) is 5.92 Å². The molecule has 2 unspecified atom stereocenters. The van der Waals surface area contributed by atoms with E-state index in [1.165, 1.54) is 0 Å². The van der Waals surface area contributed by atoms with Gasteiger partial charge in [0.05, 0.1) is 12.0 Å². The van der Waals surface area contributed by atoms with Crippen LogP contribution in [0.15, 0.2) is 42.5 Å². The highest BCUT2D eigenvalue weighted by atomic mass is 16.1. The standard InChI is InChI=1S/C15H16N2O/c1-2-16-10-7-8-14-12(9-10)15(18)11-5-3-4-6-13(11)17-14/h3-9,11,13,16-17H,2H2,1H3. The number of ketones is 1. The number of fused-ring (bicyclic) bond motifs is 2. The zero-order valence-electron chi connectivity index (χ0n) is 10.3. The van der Waals surface area contributed by atoms with E-state index < -0.39 is 0 Å². The molecule has 0 aromatic heterocycles. The van der Waals surface area contributed by atoms with Crippen LogP contribution in [0.1, 0.15) is 17.3 Å². The second-order valence-electron chi connectivity index (χ2n) is 4.62. The quantitative estimate of drug-likeness (QED) is 0.835. The lowest BCUT2D eigenvalue weighted by Gasteiger charge is -2.31. The molecule has 1 aliphatic heterocycles. The second-order valence-corrected chi connectivity index (χ2v) is 4.62. The van der Waals surface area contributed by atoms with Gasteiger partial charge >= 0.3 is 0 Å². The molecule has 0 saturated carbocycles. The molecule has 1 aliphatic carbocycles. The summed E-state index contributed by atoms with van der Waals surface area (Å²) in [5.41, 5.74) is 2.72. The number of carbonyl (C=O) groups excluding carboxylic acids is 1. The molecule has 3 rings (SSSR count). The fourth-order valence-corrected chi connectivity index (χ4v) is 2.54. The fourth-order valence-electron chi connectivity index (χ4n) is 2.54. The molecule has 0 amide bonds. The summed E-state index contributed by atoms with van der Waals surface area (Å²) in [7, 11) is 0. The van der Waals surface area contributed by atoms with E-state index in [-0.39, 0.29) is 17.7 Å². The first-order valence-electron chi connectivity index (χ1n) is 6.33. The minimum absolute atomic E-state index is 0.0700. The summed E-state index contributed by atoms with van der Waals surface area (Å²) < 4.78 is 0. The lowest BCUT2D eigenvalue weighted by Crippen LogP contribution is -2.38. The Morgan fingerprint density at radius 3 is 2.94 bits per heavy atom. The van der Waals surface area contributed by atoms with Crippen molar-refractivity contribution in [1.29, 1.82) is 0 Å². The van der Waals surface area contributed by atoms with Gasteiger partial charge in [-0.05, 0) is 25.1 Å². The largest absolute Gasteiger partial charge is 0.385 e. The Bertz CT molecular complexity index is 545. The van der Waals surface area contributed by atoms with Crippen LogP contribution in [0.4, 0.5) is 11.4 Å². The van der Waals surface area contributed by atoms with E-state index in [0.717, 1.165) is 23.5 Å². The van der Waals surface area contributed by atoms with Gasteiger partial charge in [-0.1, -0.05) is 24.3 Å². The Morgan fingerprint density at radius 2 is 2.11 bits per heavy atom. The third-order valence-electron chi connectivity index (χ3n) is 3.43. The Hall–Kier alpha value is -2.03. The molecule has 2 aliphatic rings. The van der Waals surface area contributed by atoms with Crippen LogP contribution in [0.2, 0.25) is 0 Å². The van der Waals surface area contributed by atoms with Gasteiger partial charge in [0.25, 0.3) is 0 Å². The van der Waals surface area contributed by atoms with Gasteiger partial charge in [0, 0.05) is 23.5 Å². The zero-order chi connectivity index (χ0) is 12.5. The highest BCUT2D eigenvalue weighted by Crippen LogP contribution is 2.33. The molecule has 0 radical (unpaired) electrons. The molecule has 3 nitrogen and oxygen atoms in total. The number of hydrogen-bond acceptors (Lipinski definition) is 3. The number of Topliss-reactive ketones (excluding diaryl/α,β-unsaturated/α-hetero) is 1. The molecule has 1 heterocycles. The molecule has 2 atom stereocenters. The molecular weight excluding hydrogens is 224 g/mol. The zero-order valence-corrected chi connectivity index (χ0v) is 10.3. The Labute approximate surface area is 107 Å². The summed E-state index contributed by atoms with van der Waals surface area (Å²) in [5, 5.41) is 6.65. The van der Waals surface area contributed by atoms with Crippen LogP contribution in [0.25, 0.3) is 0 Å². The van der Waals surface area contributed by atoms with E-state index in [2.05, 4.69) is 10.6 Å². The molecule has 0 saturated heterocycles. The van der Waals surface area contributed by atoms with Crippen molar-refractivity contribution in [2.45, 2.75) is 13.0 Å². The van der Waals surface area contributed by atoms with Gasteiger partial charge in [0.1, 0.15) is 0 Å². The molecule has 0 bridgehead atoms. The van der Waals surface area contributed by atoms with Gasteiger partial charge in [-0.25, -0.2) is 0 Å². The molecule has 0 spiro atoms. The first-order valence-corrected chi connectivity index (χ1v) is 6.33. The van der Waals surface area contributed by atoms with E-state index in [4.69, 9.17) is 0 Å². The predicted octanol–water partition coefficient (Wildman–Crippen LogP) is 2.84. The van der Waals surface area contributed by atoms with Gasteiger partial charge < -0.3 is 10.6 Å². The summed E-state index contributed by atoms with van der Waals surface area (Å²) in [6, 6.07) is 6.02.